The molecule has 0 aromatic heterocycles. The first-order chi connectivity index (χ1) is 31.5. The number of anilines is 1. The highest BCUT2D eigenvalue weighted by Gasteiger charge is 2.70. The van der Waals surface area contributed by atoms with Crippen molar-refractivity contribution in [3.05, 3.63) is 83.2 Å². The average molecular weight is 896 g/mol. The molecule has 1 heterocycles. The molecule has 0 N–H and O–H groups in total. The lowest BCUT2D eigenvalue weighted by Crippen LogP contribution is -2.65. The minimum absolute atomic E-state index is 0.0179. The van der Waals surface area contributed by atoms with E-state index in [-0.39, 0.29) is 45.6 Å². The van der Waals surface area contributed by atoms with E-state index in [1.54, 1.807) is 12.7 Å². The van der Waals surface area contributed by atoms with E-state index in [1.807, 2.05) is 18.2 Å². The molecule has 0 amide bonds. The Morgan fingerprint density at radius 3 is 2.26 bits per heavy atom. The highest BCUT2D eigenvalue weighted by molar-refractivity contribution is 6.08. The number of hydrogen-bond donors (Lipinski definition) is 0. The second-order valence-corrected chi connectivity index (χ2v) is 22.8. The lowest BCUT2D eigenvalue weighted by Gasteiger charge is -2.71. The van der Waals surface area contributed by atoms with Crippen LogP contribution in [0.4, 0.5) is 5.69 Å². The molecule has 354 valence electrons. The van der Waals surface area contributed by atoms with Gasteiger partial charge in [0.2, 0.25) is 5.36 Å². The number of fused-ring (bicyclic) bond motifs is 9. The van der Waals surface area contributed by atoms with Crippen LogP contribution in [-0.2, 0) is 14.3 Å². The zero-order valence-electron chi connectivity index (χ0n) is 42.4. The zero-order chi connectivity index (χ0) is 47.1. The number of allylic oxidation sites excluding steroid dienone is 2. The maximum Gasteiger partial charge on any atom is 0.339 e. The van der Waals surface area contributed by atoms with Gasteiger partial charge in [0.25, 0.3) is 0 Å². The van der Waals surface area contributed by atoms with Gasteiger partial charge in [0.1, 0.15) is 30.5 Å². The van der Waals surface area contributed by atoms with Crippen LogP contribution in [0.2, 0.25) is 0 Å². The summed E-state index contributed by atoms with van der Waals surface area (Å²) in [5, 5.41) is 2.10. The van der Waals surface area contributed by atoms with Crippen LogP contribution in [0.1, 0.15) is 144 Å². The van der Waals surface area contributed by atoms with Crippen molar-refractivity contribution >= 4 is 28.6 Å². The van der Waals surface area contributed by atoms with Gasteiger partial charge in [-0.1, -0.05) is 78.3 Å². The summed E-state index contributed by atoms with van der Waals surface area (Å²) in [5.74, 6) is 2.74. The average Bonchev–Trinajstić information content (AvgIpc) is 3.31. The summed E-state index contributed by atoms with van der Waals surface area (Å²) in [7, 11) is 1.60. The summed E-state index contributed by atoms with van der Waals surface area (Å²) in [5.41, 5.74) is 6.52. The van der Waals surface area contributed by atoms with Gasteiger partial charge in [-0.2, -0.15) is 0 Å². The zero-order valence-corrected chi connectivity index (χ0v) is 42.4. The monoisotopic (exact) mass is 896 g/mol. The number of nitrogens with zero attached hydrogens (tertiary/aromatic N) is 2. The summed E-state index contributed by atoms with van der Waals surface area (Å²) in [6.45, 7) is 29.7. The van der Waals surface area contributed by atoms with E-state index < -0.39 is 5.41 Å². The lowest BCUT2D eigenvalue weighted by atomic mass is 9.33. The maximum atomic E-state index is 15.0. The van der Waals surface area contributed by atoms with Crippen molar-refractivity contribution in [2.24, 2.45) is 56.7 Å². The molecular weight excluding hydrogens is 817 g/mol. The first kappa shape index (κ1) is 46.7. The molecular formula is C59H79N2O5+. The van der Waals surface area contributed by atoms with Crippen molar-refractivity contribution in [1.29, 1.82) is 0 Å². The van der Waals surface area contributed by atoms with E-state index in [0.717, 1.165) is 128 Å². The van der Waals surface area contributed by atoms with Crippen LogP contribution < -0.4 is 14.8 Å². The molecule has 7 nitrogen and oxygen atoms in total. The van der Waals surface area contributed by atoms with Gasteiger partial charge in [0.05, 0.1) is 24.2 Å². The minimum atomic E-state index is -0.404. The molecule has 10 atom stereocenters. The second kappa shape index (κ2) is 17.0. The fourth-order valence-electron chi connectivity index (χ4n) is 16.0. The Bertz CT molecular complexity index is 2590. The molecule has 1 aliphatic heterocycles. The van der Waals surface area contributed by atoms with Crippen LogP contribution in [-0.4, -0.2) is 51.3 Å². The Morgan fingerprint density at radius 1 is 0.803 bits per heavy atom. The molecule has 0 spiro atoms. The van der Waals surface area contributed by atoms with Crippen LogP contribution in [0, 0.1) is 56.7 Å². The van der Waals surface area contributed by atoms with Crippen molar-refractivity contribution in [3.63, 3.8) is 0 Å². The predicted octanol–water partition coefficient (Wildman–Crippen LogP) is 13.2. The lowest BCUT2D eigenvalue weighted by molar-refractivity contribution is -0.207. The molecule has 7 aliphatic rings. The standard InChI is InChI=1S/C59H79N2O5/c1-13-60(14-2)39-21-23-43-46(35-39)65-47-36-40(61(15-3)16-4)22-24-44(47)51(43)41-19-17-18-20-42(41)53(62)66-50-29-30-56(9)48(55(50,7)8)28-31-58(11)49(56)26-25-45-52-38(6)37(5)27-32-59(52,54(63)64-12)34-33-57(45,58)10/h17-25,35-38,48-50,52H,13-16,26-34H2,1-12H3/q+1/t37-,38+,48+,49-,50+,52+,56+,57-,58-,59+/m1/s1. The maximum absolute atomic E-state index is 15.0. The number of hydrogen-bond acceptors (Lipinski definition) is 6. The Morgan fingerprint density at radius 2 is 1.55 bits per heavy atom. The minimum Gasteiger partial charge on any atom is -0.469 e. The van der Waals surface area contributed by atoms with Crippen molar-refractivity contribution in [2.45, 2.75) is 140 Å². The number of carbonyl (C=O) groups excluding carboxylic acids is 2. The highest BCUT2D eigenvalue weighted by Crippen LogP contribution is 2.76. The fraction of sp³-hybridized carbons (Fsp3) is 0.610. The third kappa shape index (κ3) is 6.79. The van der Waals surface area contributed by atoms with E-state index in [4.69, 9.17) is 13.9 Å². The Hall–Kier alpha value is -4.39. The molecule has 0 saturated heterocycles. The Kier molecular flexibility index (Phi) is 12.0. The molecule has 6 aliphatic carbocycles. The van der Waals surface area contributed by atoms with Gasteiger partial charge in [-0.25, -0.2) is 9.37 Å². The second-order valence-electron chi connectivity index (χ2n) is 22.8. The van der Waals surface area contributed by atoms with Crippen molar-refractivity contribution in [3.8, 4) is 22.5 Å². The topological polar surface area (TPSA) is 72.0 Å². The number of rotatable bonds is 9. The summed E-state index contributed by atoms with van der Waals surface area (Å²) >= 11 is 0. The first-order valence-corrected chi connectivity index (χ1v) is 25.9. The van der Waals surface area contributed by atoms with Gasteiger partial charge in [0.15, 0.2) is 0 Å². The molecule has 9 rings (SSSR count). The SMILES string of the molecule is CCN(CC)c1ccc2c(-c3ccccc3C(=O)O[C@H]3CC[C@]4(C)[C@H]5CC=C6[C@@H]7[C@@H](C)[C@H](C)CC[C@]7(C(=O)OC)CC[C@@]6(C)[C@]5(C)CC[C@H]4C3(C)C)c3ccc(=[N+](CC)CC)cc-3oc2c1. The fourth-order valence-corrected chi connectivity index (χ4v) is 16.0. The number of methoxy groups -OCH3 is 1. The van der Waals surface area contributed by atoms with Crippen LogP contribution in [0.5, 0.6) is 0 Å². The van der Waals surface area contributed by atoms with Gasteiger partial charge in [-0.3, -0.25) is 4.79 Å². The van der Waals surface area contributed by atoms with Gasteiger partial charge in [-0.05, 0) is 161 Å². The molecule has 66 heavy (non-hydrogen) atoms. The molecule has 2 aromatic rings. The van der Waals surface area contributed by atoms with E-state index in [2.05, 4.69) is 134 Å². The van der Waals surface area contributed by atoms with Gasteiger partial charge < -0.3 is 18.8 Å². The summed E-state index contributed by atoms with van der Waals surface area (Å²) in [4.78, 5) is 31.2. The van der Waals surface area contributed by atoms with E-state index in [9.17, 15) is 9.59 Å². The largest absolute Gasteiger partial charge is 0.469 e. The highest BCUT2D eigenvalue weighted by atomic mass is 16.5. The summed E-state index contributed by atoms with van der Waals surface area (Å²) < 4.78 is 21.7. The molecule has 0 bridgehead atoms. The number of ether oxygens (including phenoxy) is 2. The van der Waals surface area contributed by atoms with Crippen LogP contribution >= 0.6 is 0 Å². The predicted molar refractivity (Wildman–Crippen MR) is 268 cm³/mol. The number of benzene rings is 3. The summed E-state index contributed by atoms with van der Waals surface area (Å²) in [6, 6.07) is 21.1. The Labute approximate surface area is 395 Å². The van der Waals surface area contributed by atoms with Gasteiger partial charge >= 0.3 is 11.9 Å². The van der Waals surface area contributed by atoms with Crippen molar-refractivity contribution in [2.75, 3.05) is 38.2 Å². The van der Waals surface area contributed by atoms with E-state index in [1.165, 1.54) is 0 Å². The third-order valence-electron chi connectivity index (χ3n) is 20.1. The quantitative estimate of drug-likeness (QED) is 0.0721. The molecule has 2 aromatic carbocycles. The smallest absolute Gasteiger partial charge is 0.339 e. The molecule has 0 unspecified atom stereocenters. The van der Waals surface area contributed by atoms with Crippen molar-refractivity contribution < 1.29 is 23.5 Å². The van der Waals surface area contributed by atoms with Crippen LogP contribution in [0.3, 0.4) is 0 Å². The van der Waals surface area contributed by atoms with Gasteiger partial charge in [0, 0.05) is 52.8 Å². The normalized spacial score (nSPS) is 33.4. The number of esters is 2. The van der Waals surface area contributed by atoms with E-state index in [0.29, 0.717) is 29.2 Å². The van der Waals surface area contributed by atoms with Crippen LogP contribution in [0.15, 0.2) is 76.7 Å². The number of carbonyl (C=O) groups is 2. The first-order valence-electron chi connectivity index (χ1n) is 25.9. The Balaban J connectivity index is 1.05. The van der Waals surface area contributed by atoms with E-state index >= 15 is 0 Å². The molecule has 0 radical (unpaired) electrons. The molecule has 4 saturated carbocycles. The van der Waals surface area contributed by atoms with Crippen molar-refractivity contribution in [1.82, 2.24) is 4.58 Å². The van der Waals surface area contributed by atoms with Crippen LogP contribution in [0.25, 0.3) is 33.4 Å². The molecule has 4 fully saturated rings. The third-order valence-corrected chi connectivity index (χ3v) is 20.1. The van der Waals surface area contributed by atoms with Gasteiger partial charge in [-0.15, -0.1) is 0 Å². The summed E-state index contributed by atoms with van der Waals surface area (Å²) in [6.07, 6.45) is 11.6. The molecule has 7 heteroatoms.